The molecule has 3 rings (SSSR count). The van der Waals surface area contributed by atoms with Gasteiger partial charge >= 0.3 is 0 Å². The highest BCUT2D eigenvalue weighted by molar-refractivity contribution is 9.10. The quantitative estimate of drug-likeness (QED) is 0.715. The predicted molar refractivity (Wildman–Crippen MR) is 107 cm³/mol. The maximum absolute atomic E-state index is 12.2. The minimum atomic E-state index is -0.188. The third-order valence-corrected chi connectivity index (χ3v) is 6.53. The van der Waals surface area contributed by atoms with Gasteiger partial charge in [0, 0.05) is 24.1 Å². The van der Waals surface area contributed by atoms with Gasteiger partial charge in [-0.25, -0.2) is 0 Å². The summed E-state index contributed by atoms with van der Waals surface area (Å²) in [5.74, 6) is 0.535. The number of thiazole rings is 1. The van der Waals surface area contributed by atoms with E-state index in [-0.39, 0.29) is 17.6 Å². The third-order valence-electron chi connectivity index (χ3n) is 4.09. The van der Waals surface area contributed by atoms with E-state index >= 15 is 0 Å². The van der Waals surface area contributed by atoms with E-state index in [1.165, 1.54) is 23.1 Å². The van der Waals surface area contributed by atoms with E-state index in [1.54, 1.807) is 0 Å². The minimum Gasteiger partial charge on any atom is -0.342 e. The van der Waals surface area contributed by atoms with E-state index in [0.717, 1.165) is 47.2 Å². The summed E-state index contributed by atoms with van der Waals surface area (Å²) in [7, 11) is 0. The molecular weight excluding hydrogens is 422 g/mol. The molecule has 0 aliphatic carbocycles. The van der Waals surface area contributed by atoms with E-state index in [9.17, 15) is 9.59 Å². The molecule has 0 radical (unpaired) electrons. The summed E-state index contributed by atoms with van der Waals surface area (Å²) < 4.78 is 4.16. The van der Waals surface area contributed by atoms with E-state index in [1.807, 2.05) is 34.6 Å². The number of nitrogens with zero attached hydrogens (tertiary/aromatic N) is 3. The van der Waals surface area contributed by atoms with Crippen LogP contribution in [-0.4, -0.2) is 45.9 Å². The molecule has 1 aromatic heterocycles. The topological polar surface area (TPSA) is 54.7 Å². The molecule has 0 spiro atoms. The van der Waals surface area contributed by atoms with Crippen molar-refractivity contribution in [3.05, 3.63) is 27.5 Å². The van der Waals surface area contributed by atoms with Crippen LogP contribution in [0.4, 0.5) is 0 Å². The van der Waals surface area contributed by atoms with Crippen molar-refractivity contribution < 1.29 is 9.59 Å². The number of carbonyl (C=O) groups excluding carboxylic acids is 2. The van der Waals surface area contributed by atoms with Gasteiger partial charge in [0.25, 0.3) is 5.91 Å². The molecule has 2 heterocycles. The van der Waals surface area contributed by atoms with E-state index in [0.29, 0.717) is 10.6 Å². The summed E-state index contributed by atoms with van der Waals surface area (Å²) in [6.07, 6.45) is 2.17. The minimum absolute atomic E-state index is 0.130. The van der Waals surface area contributed by atoms with Crippen molar-refractivity contribution >= 4 is 61.1 Å². The molecule has 8 heteroatoms. The normalized spacial score (nSPS) is 15.3. The Hall–Kier alpha value is -1.12. The van der Waals surface area contributed by atoms with Crippen LogP contribution in [0, 0.1) is 0 Å². The highest BCUT2D eigenvalue weighted by Gasteiger charge is 2.17. The molecule has 0 N–H and O–H groups in total. The van der Waals surface area contributed by atoms with Crippen molar-refractivity contribution in [2.45, 2.75) is 26.3 Å². The number of benzene rings is 1. The van der Waals surface area contributed by atoms with Crippen LogP contribution in [0.3, 0.4) is 0 Å². The lowest BCUT2D eigenvalue weighted by atomic mass is 10.3. The lowest BCUT2D eigenvalue weighted by Gasteiger charge is -2.14. The summed E-state index contributed by atoms with van der Waals surface area (Å²) in [6.45, 7) is 4.51. The first kappa shape index (κ1) is 18.7. The fourth-order valence-corrected chi connectivity index (χ4v) is 5.22. The molecule has 1 aliphatic rings. The Labute approximate surface area is 163 Å². The monoisotopic (exact) mass is 441 g/mol. The maximum atomic E-state index is 12.2. The molecule has 2 aromatic rings. The largest absolute Gasteiger partial charge is 0.342 e. The molecule has 1 aromatic carbocycles. The van der Waals surface area contributed by atoms with Gasteiger partial charge in [-0.2, -0.15) is 4.99 Å². The number of fused-ring (bicyclic) bond motifs is 1. The summed E-state index contributed by atoms with van der Waals surface area (Å²) in [5.41, 5.74) is 1.08. The average Bonchev–Trinajstić information content (AvgIpc) is 3.21. The molecular formula is C17H20BrN3O2S2. The number of hydrogen-bond donors (Lipinski definition) is 0. The summed E-state index contributed by atoms with van der Waals surface area (Å²) >= 11 is 6.34. The number of carbonyl (C=O) groups is 2. The molecule has 25 heavy (non-hydrogen) atoms. The van der Waals surface area contributed by atoms with Gasteiger partial charge in [0.1, 0.15) is 0 Å². The molecule has 0 atom stereocenters. The van der Waals surface area contributed by atoms with Crippen molar-refractivity contribution in [1.82, 2.24) is 9.47 Å². The van der Waals surface area contributed by atoms with Gasteiger partial charge in [0.2, 0.25) is 5.91 Å². The first-order valence-corrected chi connectivity index (χ1v) is 11.1. The Morgan fingerprint density at radius 3 is 2.76 bits per heavy atom. The van der Waals surface area contributed by atoms with Gasteiger partial charge in [0.15, 0.2) is 4.80 Å². The Balaban J connectivity index is 1.66. The van der Waals surface area contributed by atoms with Crippen LogP contribution >= 0.6 is 39.0 Å². The maximum Gasteiger partial charge on any atom is 0.258 e. The van der Waals surface area contributed by atoms with E-state index < -0.39 is 0 Å². The number of thioether (sulfide) groups is 1. The van der Waals surface area contributed by atoms with Gasteiger partial charge in [-0.05, 0) is 38.0 Å². The zero-order valence-corrected chi connectivity index (χ0v) is 17.3. The summed E-state index contributed by atoms with van der Waals surface area (Å²) in [5, 5.41) is 0. The number of aromatic nitrogens is 1. The van der Waals surface area contributed by atoms with E-state index in [2.05, 4.69) is 20.9 Å². The highest BCUT2D eigenvalue weighted by atomic mass is 79.9. The van der Waals surface area contributed by atoms with Crippen LogP contribution in [0.2, 0.25) is 0 Å². The Kier molecular flexibility index (Phi) is 6.35. The second kappa shape index (κ2) is 8.51. The van der Waals surface area contributed by atoms with Gasteiger partial charge in [-0.1, -0.05) is 27.3 Å². The lowest BCUT2D eigenvalue weighted by Crippen LogP contribution is -2.29. The smallest absolute Gasteiger partial charge is 0.258 e. The SMILES string of the molecule is CCn1c(=NC(=O)CSCC(=O)N2CCCC2)sc2cc(Br)ccc21. The fourth-order valence-electron chi connectivity index (χ4n) is 2.86. The fraction of sp³-hybridized carbons (Fsp3) is 0.471. The van der Waals surface area contributed by atoms with Crippen LogP contribution in [-0.2, 0) is 16.1 Å². The highest BCUT2D eigenvalue weighted by Crippen LogP contribution is 2.22. The first-order valence-electron chi connectivity index (χ1n) is 8.30. The van der Waals surface area contributed by atoms with Crippen LogP contribution in [0.5, 0.6) is 0 Å². The molecule has 0 unspecified atom stereocenters. The second-order valence-electron chi connectivity index (χ2n) is 5.83. The number of halogens is 1. The van der Waals surface area contributed by atoms with Gasteiger partial charge < -0.3 is 9.47 Å². The lowest BCUT2D eigenvalue weighted by molar-refractivity contribution is -0.127. The molecule has 5 nitrogen and oxygen atoms in total. The molecule has 0 bridgehead atoms. The average molecular weight is 442 g/mol. The predicted octanol–water partition coefficient (Wildman–Crippen LogP) is 3.27. The van der Waals surface area contributed by atoms with Crippen LogP contribution in [0.1, 0.15) is 19.8 Å². The zero-order chi connectivity index (χ0) is 17.8. The van der Waals surface area contributed by atoms with Crippen LogP contribution in [0.25, 0.3) is 10.2 Å². The Morgan fingerprint density at radius 1 is 1.28 bits per heavy atom. The van der Waals surface area contributed by atoms with Crippen molar-refractivity contribution in [1.29, 1.82) is 0 Å². The summed E-state index contributed by atoms with van der Waals surface area (Å²) in [6, 6.07) is 6.07. The second-order valence-corrected chi connectivity index (χ2v) is 8.74. The number of amides is 2. The number of rotatable bonds is 5. The number of hydrogen-bond acceptors (Lipinski definition) is 4. The Bertz CT molecular complexity index is 853. The Morgan fingerprint density at radius 2 is 2.04 bits per heavy atom. The first-order chi connectivity index (χ1) is 12.1. The third kappa shape index (κ3) is 4.54. The molecule has 1 fully saturated rings. The van der Waals surface area contributed by atoms with Gasteiger partial charge in [-0.3, -0.25) is 9.59 Å². The number of likely N-dealkylation sites (tertiary alicyclic amines) is 1. The number of aryl methyl sites for hydroxylation is 1. The van der Waals surface area contributed by atoms with Crippen molar-refractivity contribution in [3.63, 3.8) is 0 Å². The van der Waals surface area contributed by atoms with Crippen LogP contribution in [0.15, 0.2) is 27.7 Å². The molecule has 0 saturated carbocycles. The summed E-state index contributed by atoms with van der Waals surface area (Å²) in [4.78, 5) is 31.1. The van der Waals surface area contributed by atoms with Crippen molar-refractivity contribution in [2.24, 2.45) is 4.99 Å². The molecule has 2 amide bonds. The van der Waals surface area contributed by atoms with Crippen molar-refractivity contribution in [3.8, 4) is 0 Å². The van der Waals surface area contributed by atoms with Crippen molar-refractivity contribution in [2.75, 3.05) is 24.6 Å². The molecule has 1 saturated heterocycles. The van der Waals surface area contributed by atoms with Gasteiger partial charge in [0.05, 0.1) is 21.7 Å². The zero-order valence-electron chi connectivity index (χ0n) is 14.0. The standard InChI is InChI=1S/C17H20BrN3O2S2/c1-2-21-13-6-5-12(18)9-14(13)25-17(21)19-15(22)10-24-11-16(23)20-7-3-4-8-20/h5-6,9H,2-4,7-8,10-11H2,1H3. The van der Waals surface area contributed by atoms with Crippen LogP contribution < -0.4 is 4.80 Å². The van der Waals surface area contributed by atoms with E-state index in [4.69, 9.17) is 0 Å². The molecule has 134 valence electrons. The van der Waals surface area contributed by atoms with Gasteiger partial charge in [-0.15, -0.1) is 11.8 Å². The molecule has 1 aliphatic heterocycles.